The number of carbonyl (C=O) groups excluding carboxylic acids is 4. The molecule has 1 aromatic rings. The van der Waals surface area contributed by atoms with E-state index in [9.17, 15) is 14.4 Å². The molecule has 3 aliphatic carbocycles. The summed E-state index contributed by atoms with van der Waals surface area (Å²) in [4.78, 5) is 56.6. The number of allylic oxidation sites excluding steroid dienone is 3. The lowest BCUT2D eigenvalue weighted by atomic mass is 9.48. The number of halogens is 1. The van der Waals surface area contributed by atoms with E-state index in [1.807, 2.05) is 6.08 Å². The number of imide groups is 1. The van der Waals surface area contributed by atoms with Crippen LogP contribution in [0, 0.1) is 17.8 Å². The van der Waals surface area contributed by atoms with Gasteiger partial charge in [0.25, 0.3) is 0 Å². The fourth-order valence-electron chi connectivity index (χ4n) is 7.57. The summed E-state index contributed by atoms with van der Waals surface area (Å²) < 4.78 is 16.6. The Bertz CT molecular complexity index is 1450. The summed E-state index contributed by atoms with van der Waals surface area (Å²) in [6, 6.07) is 5.08. The normalized spacial score (nSPS) is 24.8. The maximum Gasteiger partial charge on any atom is 0.421 e. The molecule has 4 aliphatic rings. The van der Waals surface area contributed by atoms with Crippen LogP contribution < -0.4 is 4.90 Å². The first-order valence-corrected chi connectivity index (χ1v) is 19.3. The van der Waals surface area contributed by atoms with Crippen LogP contribution >= 0.6 is 11.6 Å². The second-order valence-corrected chi connectivity index (χ2v) is 20.5. The Balaban J connectivity index is 2.06. The van der Waals surface area contributed by atoms with Crippen LogP contribution in [0.5, 0.6) is 0 Å². The van der Waals surface area contributed by atoms with E-state index < -0.39 is 48.9 Å². The average Bonchev–Trinajstić information content (AvgIpc) is 3.15. The summed E-state index contributed by atoms with van der Waals surface area (Å²) in [6.07, 6.45) is 4.24. The number of anilines is 1. The van der Waals surface area contributed by atoms with Crippen molar-refractivity contribution < 1.29 is 33.4 Å². The molecule has 1 aliphatic heterocycles. The van der Waals surface area contributed by atoms with Crippen LogP contribution in [-0.4, -0.2) is 50.8 Å². The zero-order valence-electron chi connectivity index (χ0n) is 28.3. The lowest BCUT2D eigenvalue weighted by Crippen LogP contribution is -2.65. The topological polar surface area (TPSA) is 99.2 Å². The molecule has 1 heterocycles. The molecule has 0 unspecified atom stereocenters. The third-order valence-electron chi connectivity index (χ3n) is 10.1. The number of ether oxygens (including phenoxy) is 3. The largest absolute Gasteiger partial charge is 0.466 e. The molecular weight excluding hydrogens is 610 g/mol. The van der Waals surface area contributed by atoms with Gasteiger partial charge in [0.2, 0.25) is 5.91 Å². The monoisotopic (exact) mass is 657 g/mol. The van der Waals surface area contributed by atoms with Crippen molar-refractivity contribution in [2.45, 2.75) is 104 Å². The third-order valence-corrected chi connectivity index (χ3v) is 16.1. The van der Waals surface area contributed by atoms with E-state index >= 15 is 4.79 Å². The van der Waals surface area contributed by atoms with Gasteiger partial charge in [0.15, 0.2) is 0 Å². The molecule has 0 saturated heterocycles. The highest BCUT2D eigenvalue weighted by atomic mass is 35.5. The van der Waals surface area contributed by atoms with Crippen molar-refractivity contribution in [1.29, 1.82) is 0 Å². The molecule has 246 valence electrons. The van der Waals surface area contributed by atoms with E-state index in [0.29, 0.717) is 35.5 Å². The predicted molar refractivity (Wildman–Crippen MR) is 178 cm³/mol. The molecule has 2 bridgehead atoms. The fraction of sp³-hybridized carbons (Fsp3) is 0.600. The number of rotatable bonds is 7. The quantitative estimate of drug-likeness (QED) is 0.127. The molecule has 10 heteroatoms. The number of esters is 2. The van der Waals surface area contributed by atoms with E-state index in [0.717, 1.165) is 10.5 Å². The summed E-state index contributed by atoms with van der Waals surface area (Å²) in [6.45, 7) is 20.5. The molecule has 5 rings (SSSR count). The highest BCUT2D eigenvalue weighted by Crippen LogP contribution is 2.67. The van der Waals surface area contributed by atoms with E-state index in [1.165, 1.54) is 11.3 Å². The molecule has 0 radical (unpaired) electrons. The number of amides is 2. The molecule has 0 N–H and O–H groups in total. The van der Waals surface area contributed by atoms with Crippen molar-refractivity contribution in [3.63, 3.8) is 0 Å². The maximum absolute atomic E-state index is 15.2. The molecule has 1 fully saturated rings. The first-order valence-electron chi connectivity index (χ1n) is 15.9. The van der Waals surface area contributed by atoms with Gasteiger partial charge in [-0.05, 0) is 94.5 Å². The predicted octanol–water partition coefficient (Wildman–Crippen LogP) is 7.93. The van der Waals surface area contributed by atoms with Gasteiger partial charge in [-0.15, -0.1) is 0 Å². The summed E-state index contributed by atoms with van der Waals surface area (Å²) in [5, 5.41) is 1.51. The van der Waals surface area contributed by atoms with Crippen LogP contribution in [0.1, 0.15) is 80.2 Å². The number of carbonyl (C=O) groups is 4. The molecule has 45 heavy (non-hydrogen) atoms. The van der Waals surface area contributed by atoms with Crippen molar-refractivity contribution in [3.05, 3.63) is 51.7 Å². The van der Waals surface area contributed by atoms with Crippen molar-refractivity contribution in [3.8, 4) is 0 Å². The van der Waals surface area contributed by atoms with Gasteiger partial charge in [-0.3, -0.25) is 9.59 Å². The highest BCUT2D eigenvalue weighted by Gasteiger charge is 2.71. The third kappa shape index (κ3) is 5.91. The van der Waals surface area contributed by atoms with E-state index in [2.05, 4.69) is 33.9 Å². The summed E-state index contributed by atoms with van der Waals surface area (Å²) in [5.41, 5.74) is -0.217. The molecule has 4 atom stereocenters. The van der Waals surface area contributed by atoms with Crippen LogP contribution in [0.4, 0.5) is 10.5 Å². The minimum atomic E-state index is -2.38. The Labute approximate surface area is 273 Å². The van der Waals surface area contributed by atoms with Crippen LogP contribution in [0.2, 0.25) is 23.2 Å². The zero-order valence-corrected chi connectivity index (χ0v) is 30.1. The number of fused-ring (bicyclic) bond motifs is 2. The van der Waals surface area contributed by atoms with E-state index in [-0.39, 0.29) is 30.1 Å². The van der Waals surface area contributed by atoms with Crippen molar-refractivity contribution in [2.24, 2.45) is 17.8 Å². The van der Waals surface area contributed by atoms with Gasteiger partial charge >= 0.3 is 18.0 Å². The fourth-order valence-corrected chi connectivity index (χ4v) is 10.9. The molecule has 1 saturated carbocycles. The number of hydrogen-bond donors (Lipinski definition) is 0. The molecular formula is C35H48ClNO7Si. The van der Waals surface area contributed by atoms with Crippen LogP contribution in [0.15, 0.2) is 41.1 Å². The van der Waals surface area contributed by atoms with Crippen LogP contribution in [0.3, 0.4) is 0 Å². The average molecular weight is 658 g/mol. The van der Waals surface area contributed by atoms with Gasteiger partial charge in [-0.2, -0.15) is 0 Å². The Kier molecular flexibility index (Phi) is 9.60. The Morgan fingerprint density at radius 1 is 1.04 bits per heavy atom. The van der Waals surface area contributed by atoms with Crippen molar-refractivity contribution >= 4 is 49.3 Å². The van der Waals surface area contributed by atoms with E-state index in [4.69, 9.17) is 25.8 Å². The molecule has 1 spiro atoms. The minimum Gasteiger partial charge on any atom is -0.466 e. The van der Waals surface area contributed by atoms with Gasteiger partial charge in [0, 0.05) is 11.1 Å². The standard InChI is InChI=1S/C35H48ClNO7Si/c1-11-42-27(38)15-13-14-23-22-17-18-24(29(23)45(9,10)34(6,7)8)35(28(22)30(39)43-12-2)25-20-21(36)16-19-26(25)37(31(35)40)32(41)44-33(3,4)5/h13,15-16,19-20,22,24,28H,11-12,14,17-18H2,1-10H3/b15-13+/t22-,24+,28-,35+/m1/s1. The Morgan fingerprint density at radius 3 is 2.27 bits per heavy atom. The molecule has 2 amide bonds. The van der Waals surface area contributed by atoms with Gasteiger partial charge in [0.05, 0.1) is 38.3 Å². The second kappa shape index (κ2) is 12.4. The molecule has 8 nitrogen and oxygen atoms in total. The zero-order chi connectivity index (χ0) is 33.7. The van der Waals surface area contributed by atoms with Crippen molar-refractivity contribution in [2.75, 3.05) is 18.1 Å². The highest BCUT2D eigenvalue weighted by molar-refractivity contribution is 6.87. The van der Waals surface area contributed by atoms with Crippen LogP contribution in [-0.2, 0) is 34.0 Å². The smallest absolute Gasteiger partial charge is 0.421 e. The summed E-state index contributed by atoms with van der Waals surface area (Å²) >= 11 is 6.63. The summed E-state index contributed by atoms with van der Waals surface area (Å²) in [7, 11) is -2.38. The lowest BCUT2D eigenvalue weighted by molar-refractivity contribution is -0.160. The van der Waals surface area contributed by atoms with E-state index in [1.54, 1.807) is 52.8 Å². The number of hydrogen-bond acceptors (Lipinski definition) is 7. The Hall–Kier alpha value is -2.91. The molecule has 1 aromatic carbocycles. The number of benzene rings is 1. The first-order chi connectivity index (χ1) is 20.8. The SMILES string of the molecule is CCOC(=O)/C=C/CC1=C([Si](C)(C)C(C)(C)C)[C@@H]2CC[C@H]1[C@H](C(=O)OCC)[C@]21C(=O)N(C(=O)OC(C)(C)C)c2ccc(Cl)cc21. The van der Waals surface area contributed by atoms with Gasteiger partial charge < -0.3 is 14.2 Å². The van der Waals surface area contributed by atoms with Gasteiger partial charge in [0.1, 0.15) is 5.60 Å². The molecule has 0 aromatic heterocycles. The first kappa shape index (κ1) is 35.0. The second-order valence-electron chi connectivity index (χ2n) is 14.8. The number of nitrogens with zero attached hydrogens (tertiary/aromatic N) is 1. The lowest BCUT2D eigenvalue weighted by Gasteiger charge is -2.59. The van der Waals surface area contributed by atoms with Crippen LogP contribution in [0.25, 0.3) is 0 Å². The van der Waals surface area contributed by atoms with Gasteiger partial charge in [-0.25, -0.2) is 14.5 Å². The minimum absolute atomic E-state index is 0.111. The summed E-state index contributed by atoms with van der Waals surface area (Å²) in [5.74, 6) is -3.00. The van der Waals surface area contributed by atoms with Crippen molar-refractivity contribution in [1.82, 2.24) is 0 Å². The maximum atomic E-state index is 15.2. The Morgan fingerprint density at radius 2 is 1.69 bits per heavy atom. The van der Waals surface area contributed by atoms with Gasteiger partial charge in [-0.1, -0.05) is 62.3 Å².